The molecule has 21 heavy (non-hydrogen) atoms. The van der Waals surface area contributed by atoms with Crippen molar-refractivity contribution in [1.29, 1.82) is 0 Å². The average molecular weight is 390 g/mol. The number of rotatable bonds is 5. The van der Waals surface area contributed by atoms with Crippen molar-refractivity contribution in [2.75, 3.05) is 4.72 Å². The number of carboxylic acid groups (broad SMARTS) is 1. The van der Waals surface area contributed by atoms with E-state index in [1.54, 1.807) is 37.3 Å². The quantitative estimate of drug-likeness (QED) is 0.821. The van der Waals surface area contributed by atoms with E-state index in [9.17, 15) is 13.2 Å². The summed E-state index contributed by atoms with van der Waals surface area (Å²) in [7, 11) is -3.64. The number of thiophene rings is 1. The van der Waals surface area contributed by atoms with E-state index >= 15 is 0 Å². The highest BCUT2D eigenvalue weighted by Crippen LogP contribution is 2.30. The molecule has 0 aliphatic rings. The number of hydrogen-bond acceptors (Lipinski definition) is 4. The Morgan fingerprint density at radius 3 is 2.43 bits per heavy atom. The van der Waals surface area contributed by atoms with Crippen LogP contribution in [0.2, 0.25) is 0 Å². The zero-order valence-corrected chi connectivity index (χ0v) is 14.2. The van der Waals surface area contributed by atoms with E-state index in [1.165, 1.54) is 11.3 Å². The van der Waals surface area contributed by atoms with Gasteiger partial charge in [0, 0.05) is 10.6 Å². The summed E-state index contributed by atoms with van der Waals surface area (Å²) in [5.74, 6) is -0.929. The highest BCUT2D eigenvalue weighted by atomic mass is 79.9. The van der Waals surface area contributed by atoms with Crippen molar-refractivity contribution in [3.63, 3.8) is 0 Å². The maximum Gasteiger partial charge on any atom is 0.307 e. The minimum atomic E-state index is -3.64. The van der Waals surface area contributed by atoms with Crippen LogP contribution in [0.1, 0.15) is 10.4 Å². The molecule has 0 radical (unpaired) electrons. The van der Waals surface area contributed by atoms with Gasteiger partial charge in [-0.05, 0) is 46.6 Å². The van der Waals surface area contributed by atoms with Crippen molar-refractivity contribution in [2.24, 2.45) is 0 Å². The third-order valence-electron chi connectivity index (χ3n) is 2.69. The molecule has 0 amide bonds. The fraction of sp³-hybridized carbons (Fsp3) is 0.154. The van der Waals surface area contributed by atoms with Crippen LogP contribution in [-0.2, 0) is 21.2 Å². The van der Waals surface area contributed by atoms with E-state index in [-0.39, 0.29) is 11.3 Å². The van der Waals surface area contributed by atoms with Crippen LogP contribution in [0.15, 0.2) is 39.0 Å². The first kappa shape index (κ1) is 16.0. The number of aryl methyl sites for hydroxylation is 1. The Morgan fingerprint density at radius 1 is 1.33 bits per heavy atom. The van der Waals surface area contributed by atoms with Gasteiger partial charge < -0.3 is 5.11 Å². The Bertz CT molecular complexity index is 766. The zero-order chi connectivity index (χ0) is 15.6. The fourth-order valence-corrected chi connectivity index (χ4v) is 5.25. The lowest BCUT2D eigenvalue weighted by atomic mass is 10.1. The van der Waals surface area contributed by atoms with E-state index in [0.717, 1.165) is 3.79 Å². The first-order valence-electron chi connectivity index (χ1n) is 5.87. The number of benzene rings is 1. The highest BCUT2D eigenvalue weighted by molar-refractivity contribution is 9.11. The Morgan fingerprint density at radius 2 is 1.95 bits per heavy atom. The number of anilines is 1. The van der Waals surface area contributed by atoms with Gasteiger partial charge in [0.1, 0.15) is 4.90 Å². The number of nitrogens with one attached hydrogen (secondary N) is 1. The van der Waals surface area contributed by atoms with Crippen LogP contribution in [0.5, 0.6) is 0 Å². The van der Waals surface area contributed by atoms with Gasteiger partial charge in [0.05, 0.1) is 10.2 Å². The van der Waals surface area contributed by atoms with Crippen molar-refractivity contribution < 1.29 is 18.3 Å². The van der Waals surface area contributed by atoms with Gasteiger partial charge in [-0.1, -0.05) is 12.1 Å². The summed E-state index contributed by atoms with van der Waals surface area (Å²) < 4.78 is 27.8. The van der Waals surface area contributed by atoms with Gasteiger partial charge in [-0.3, -0.25) is 9.52 Å². The lowest BCUT2D eigenvalue weighted by Gasteiger charge is -2.08. The first-order chi connectivity index (χ1) is 9.78. The minimum absolute atomic E-state index is 0.0936. The second-order valence-electron chi connectivity index (χ2n) is 4.34. The highest BCUT2D eigenvalue weighted by Gasteiger charge is 2.19. The topological polar surface area (TPSA) is 83.5 Å². The smallest absolute Gasteiger partial charge is 0.307 e. The molecule has 112 valence electrons. The van der Waals surface area contributed by atoms with Crippen LogP contribution in [0.25, 0.3) is 0 Å². The SMILES string of the molecule is Cc1sc(Br)cc1S(=O)(=O)Nc1ccc(CC(=O)O)cc1. The summed E-state index contributed by atoms with van der Waals surface area (Å²) in [5, 5.41) is 8.69. The van der Waals surface area contributed by atoms with Gasteiger partial charge in [0.15, 0.2) is 0 Å². The molecule has 2 N–H and O–H groups in total. The first-order valence-corrected chi connectivity index (χ1v) is 8.97. The van der Waals surface area contributed by atoms with Gasteiger partial charge in [0.25, 0.3) is 10.0 Å². The van der Waals surface area contributed by atoms with Crippen molar-refractivity contribution in [3.05, 3.63) is 44.6 Å². The molecule has 0 aliphatic carbocycles. The Hall–Kier alpha value is -1.38. The van der Waals surface area contributed by atoms with Gasteiger partial charge >= 0.3 is 5.97 Å². The summed E-state index contributed by atoms with van der Waals surface area (Å²) in [6.07, 6.45) is -0.0936. The lowest BCUT2D eigenvalue weighted by Crippen LogP contribution is -2.13. The normalized spacial score (nSPS) is 11.3. The number of carboxylic acids is 1. The Labute approximate surface area is 134 Å². The van der Waals surface area contributed by atoms with Crippen molar-refractivity contribution in [3.8, 4) is 0 Å². The molecule has 0 atom stereocenters. The number of carbonyl (C=O) groups is 1. The van der Waals surface area contributed by atoms with Crippen molar-refractivity contribution in [2.45, 2.75) is 18.2 Å². The van der Waals surface area contributed by atoms with Gasteiger partial charge in [-0.2, -0.15) is 0 Å². The summed E-state index contributed by atoms with van der Waals surface area (Å²) in [4.78, 5) is 11.5. The fourth-order valence-electron chi connectivity index (χ4n) is 1.77. The van der Waals surface area contributed by atoms with E-state index in [2.05, 4.69) is 20.7 Å². The molecule has 0 aliphatic heterocycles. The maximum atomic E-state index is 12.3. The van der Waals surface area contributed by atoms with Crippen LogP contribution >= 0.6 is 27.3 Å². The van der Waals surface area contributed by atoms with Crippen molar-refractivity contribution >= 4 is 48.9 Å². The largest absolute Gasteiger partial charge is 0.481 e. The zero-order valence-electron chi connectivity index (χ0n) is 11.0. The molecule has 0 fully saturated rings. The molecule has 1 aromatic heterocycles. The number of halogens is 1. The van der Waals surface area contributed by atoms with Crippen LogP contribution in [0, 0.1) is 6.92 Å². The second kappa shape index (κ2) is 6.17. The monoisotopic (exact) mass is 389 g/mol. The maximum absolute atomic E-state index is 12.3. The summed E-state index contributed by atoms with van der Waals surface area (Å²) in [5.41, 5.74) is 1.01. The van der Waals surface area contributed by atoms with Gasteiger partial charge in [-0.25, -0.2) is 8.42 Å². The number of aliphatic carboxylic acids is 1. The van der Waals surface area contributed by atoms with E-state index in [0.29, 0.717) is 16.1 Å². The molecule has 0 saturated heterocycles. The molecule has 0 unspecified atom stereocenters. The van der Waals surface area contributed by atoms with E-state index in [1.807, 2.05) is 0 Å². The number of sulfonamides is 1. The Kier molecular flexibility index (Phi) is 4.70. The Balaban J connectivity index is 2.21. The van der Waals surface area contributed by atoms with Crippen LogP contribution < -0.4 is 4.72 Å². The summed E-state index contributed by atoms with van der Waals surface area (Å²) >= 11 is 4.61. The molecule has 0 saturated carbocycles. The molecule has 1 heterocycles. The van der Waals surface area contributed by atoms with Gasteiger partial charge in [0.2, 0.25) is 0 Å². The van der Waals surface area contributed by atoms with Crippen LogP contribution in [-0.4, -0.2) is 19.5 Å². The lowest BCUT2D eigenvalue weighted by molar-refractivity contribution is -0.136. The predicted octanol–water partition coefficient (Wildman–Crippen LogP) is 3.25. The van der Waals surface area contributed by atoms with E-state index < -0.39 is 16.0 Å². The minimum Gasteiger partial charge on any atom is -0.481 e. The third kappa shape index (κ3) is 4.05. The van der Waals surface area contributed by atoms with Crippen LogP contribution in [0.4, 0.5) is 5.69 Å². The molecule has 0 bridgehead atoms. The molecule has 1 aromatic carbocycles. The second-order valence-corrected chi connectivity index (χ2v) is 8.63. The molecular weight excluding hydrogens is 378 g/mol. The van der Waals surface area contributed by atoms with Crippen molar-refractivity contribution in [1.82, 2.24) is 0 Å². The van der Waals surface area contributed by atoms with Gasteiger partial charge in [-0.15, -0.1) is 11.3 Å². The molecule has 2 rings (SSSR count). The van der Waals surface area contributed by atoms with Crippen LogP contribution in [0.3, 0.4) is 0 Å². The molecule has 8 heteroatoms. The summed E-state index contributed by atoms with van der Waals surface area (Å²) in [6, 6.07) is 7.82. The molecule has 0 spiro atoms. The molecular formula is C13H12BrNO4S2. The predicted molar refractivity (Wildman–Crippen MR) is 85.3 cm³/mol. The van der Waals surface area contributed by atoms with E-state index in [4.69, 9.17) is 5.11 Å². The molecule has 2 aromatic rings. The number of hydrogen-bond donors (Lipinski definition) is 2. The average Bonchev–Trinajstić information content (AvgIpc) is 2.71. The standard InChI is InChI=1S/C13H12BrNO4S2/c1-8-11(7-12(14)20-8)21(18,19)15-10-4-2-9(3-5-10)6-13(16)17/h2-5,7,15H,6H2,1H3,(H,16,17). The summed E-state index contributed by atoms with van der Waals surface area (Å²) in [6.45, 7) is 1.74. The third-order valence-corrected chi connectivity index (χ3v) is 5.88. The molecule has 5 nitrogen and oxygen atoms in total.